The number of amides is 1. The van der Waals surface area contributed by atoms with Crippen LogP contribution in [-0.4, -0.2) is 26.4 Å². The van der Waals surface area contributed by atoms with Crippen LogP contribution in [0.15, 0.2) is 18.7 Å². The van der Waals surface area contributed by atoms with Gasteiger partial charge in [-0.05, 0) is 38.5 Å². The first-order valence-corrected chi connectivity index (χ1v) is 8.70. The Morgan fingerprint density at radius 2 is 2.00 bits per heavy atom. The van der Waals surface area contributed by atoms with Crippen LogP contribution in [0.3, 0.4) is 0 Å². The Hall–Kier alpha value is -2.09. The number of ether oxygens (including phenoxy) is 1. The molecule has 2 N–H and O–H groups in total. The molecule has 0 aliphatic carbocycles. The van der Waals surface area contributed by atoms with Crippen molar-refractivity contribution in [3.05, 3.63) is 35.7 Å². The normalized spacial score (nSPS) is 11.7. The quantitative estimate of drug-likeness (QED) is 0.860. The third kappa shape index (κ3) is 6.68. The van der Waals surface area contributed by atoms with E-state index in [2.05, 4.69) is 16.6 Å². The molecular formula is C15H21FN2O4S. The minimum Gasteiger partial charge on any atom is -0.444 e. The van der Waals surface area contributed by atoms with Gasteiger partial charge in [-0.3, -0.25) is 4.72 Å². The van der Waals surface area contributed by atoms with Crippen molar-refractivity contribution in [2.24, 2.45) is 0 Å². The van der Waals surface area contributed by atoms with Crippen LogP contribution in [0, 0.1) is 5.82 Å². The van der Waals surface area contributed by atoms with Crippen molar-refractivity contribution in [1.82, 2.24) is 5.32 Å². The van der Waals surface area contributed by atoms with Gasteiger partial charge in [0, 0.05) is 12.1 Å². The van der Waals surface area contributed by atoms with Crippen LogP contribution in [0.4, 0.5) is 14.9 Å². The molecule has 0 saturated carbocycles. The van der Waals surface area contributed by atoms with Gasteiger partial charge < -0.3 is 10.1 Å². The molecule has 128 valence electrons. The van der Waals surface area contributed by atoms with Gasteiger partial charge in [0.25, 0.3) is 0 Å². The SMILES string of the molecule is C=Cc1cc(CNC(=O)OC(C)(C)C)cc(F)c1NS(C)(=O)=O. The van der Waals surface area contributed by atoms with Crippen LogP contribution in [0.2, 0.25) is 0 Å². The molecule has 0 fully saturated rings. The summed E-state index contributed by atoms with van der Waals surface area (Å²) in [5, 5.41) is 2.50. The van der Waals surface area contributed by atoms with Crippen molar-refractivity contribution < 1.29 is 22.3 Å². The lowest BCUT2D eigenvalue weighted by molar-refractivity contribution is 0.0523. The minimum atomic E-state index is -3.62. The predicted octanol–water partition coefficient (Wildman–Crippen LogP) is 2.86. The number of hydrogen-bond acceptors (Lipinski definition) is 4. The van der Waals surface area contributed by atoms with Crippen LogP contribution >= 0.6 is 0 Å². The number of benzene rings is 1. The Morgan fingerprint density at radius 1 is 1.39 bits per heavy atom. The van der Waals surface area contributed by atoms with Crippen molar-refractivity contribution in [1.29, 1.82) is 0 Å². The van der Waals surface area contributed by atoms with Gasteiger partial charge in [-0.25, -0.2) is 17.6 Å². The molecule has 1 aromatic rings. The molecule has 0 radical (unpaired) electrons. The highest BCUT2D eigenvalue weighted by Crippen LogP contribution is 2.24. The molecule has 0 spiro atoms. The van der Waals surface area contributed by atoms with Crippen LogP contribution in [0.5, 0.6) is 0 Å². The average Bonchev–Trinajstić information content (AvgIpc) is 2.35. The molecule has 0 saturated heterocycles. The maximum Gasteiger partial charge on any atom is 0.407 e. The van der Waals surface area contributed by atoms with Gasteiger partial charge in [-0.1, -0.05) is 12.7 Å². The maximum atomic E-state index is 14.1. The number of hydrogen-bond donors (Lipinski definition) is 2. The van der Waals surface area contributed by atoms with Gasteiger partial charge in [-0.15, -0.1) is 0 Å². The Morgan fingerprint density at radius 3 is 2.48 bits per heavy atom. The highest BCUT2D eigenvalue weighted by molar-refractivity contribution is 7.92. The fourth-order valence-corrected chi connectivity index (χ4v) is 2.32. The second-order valence-corrected chi connectivity index (χ2v) is 7.72. The second-order valence-electron chi connectivity index (χ2n) is 5.98. The lowest BCUT2D eigenvalue weighted by Gasteiger charge is -2.20. The highest BCUT2D eigenvalue weighted by atomic mass is 32.2. The molecule has 23 heavy (non-hydrogen) atoms. The van der Waals surface area contributed by atoms with Gasteiger partial charge in [0.1, 0.15) is 11.4 Å². The molecule has 0 unspecified atom stereocenters. The number of anilines is 1. The summed E-state index contributed by atoms with van der Waals surface area (Å²) >= 11 is 0. The Labute approximate surface area is 135 Å². The van der Waals surface area contributed by atoms with E-state index in [1.54, 1.807) is 20.8 Å². The zero-order valence-corrected chi connectivity index (χ0v) is 14.4. The van der Waals surface area contributed by atoms with E-state index < -0.39 is 27.5 Å². The van der Waals surface area contributed by atoms with Crippen molar-refractivity contribution in [2.45, 2.75) is 32.9 Å². The summed E-state index contributed by atoms with van der Waals surface area (Å²) < 4.78 is 43.8. The van der Waals surface area contributed by atoms with Crippen molar-refractivity contribution in [3.8, 4) is 0 Å². The number of sulfonamides is 1. The number of alkyl carbamates (subject to hydrolysis) is 1. The Bertz CT molecular complexity index is 709. The van der Waals surface area contributed by atoms with Crippen LogP contribution < -0.4 is 10.0 Å². The fourth-order valence-electron chi connectivity index (χ4n) is 1.73. The molecule has 1 amide bonds. The standard InChI is InChI=1S/C15H21FN2O4S/c1-6-11-7-10(9-17-14(19)22-15(2,3)4)8-12(16)13(11)18-23(5,20)21/h6-8,18H,1,9H2,2-5H3,(H,17,19). The molecule has 0 aromatic heterocycles. The second kappa shape index (κ2) is 6.99. The summed E-state index contributed by atoms with van der Waals surface area (Å²) in [4.78, 5) is 11.6. The van der Waals surface area contributed by atoms with Crippen molar-refractivity contribution in [3.63, 3.8) is 0 Å². The van der Waals surface area contributed by atoms with E-state index in [1.807, 2.05) is 0 Å². The Balaban J connectivity index is 2.93. The molecule has 0 aliphatic rings. The third-order valence-corrected chi connectivity index (χ3v) is 3.10. The average molecular weight is 344 g/mol. The first-order chi connectivity index (χ1) is 10.4. The summed E-state index contributed by atoms with van der Waals surface area (Å²) in [6, 6.07) is 2.67. The number of rotatable bonds is 5. The third-order valence-electron chi connectivity index (χ3n) is 2.52. The van der Waals surface area contributed by atoms with E-state index in [9.17, 15) is 17.6 Å². The zero-order chi connectivity index (χ0) is 17.8. The minimum absolute atomic E-state index is 0.0336. The van der Waals surface area contributed by atoms with Gasteiger partial charge in [0.2, 0.25) is 10.0 Å². The predicted molar refractivity (Wildman–Crippen MR) is 88.0 cm³/mol. The molecule has 0 heterocycles. The zero-order valence-electron chi connectivity index (χ0n) is 13.6. The number of carbonyl (C=O) groups is 1. The molecule has 1 rings (SSSR count). The van der Waals surface area contributed by atoms with E-state index in [4.69, 9.17) is 4.74 Å². The maximum absolute atomic E-state index is 14.1. The Kier molecular flexibility index (Phi) is 5.76. The summed E-state index contributed by atoms with van der Waals surface area (Å²) in [7, 11) is -3.62. The van der Waals surface area contributed by atoms with Crippen LogP contribution in [0.1, 0.15) is 31.9 Å². The van der Waals surface area contributed by atoms with E-state index in [0.29, 0.717) is 5.56 Å². The lowest BCUT2D eigenvalue weighted by atomic mass is 10.1. The molecule has 0 bridgehead atoms. The highest BCUT2D eigenvalue weighted by Gasteiger charge is 2.17. The lowest BCUT2D eigenvalue weighted by Crippen LogP contribution is -2.32. The van der Waals surface area contributed by atoms with Crippen LogP contribution in [0.25, 0.3) is 6.08 Å². The molecule has 0 aliphatic heterocycles. The smallest absolute Gasteiger partial charge is 0.407 e. The monoisotopic (exact) mass is 344 g/mol. The van der Waals surface area contributed by atoms with Gasteiger partial charge in [0.15, 0.2) is 0 Å². The molecule has 6 nitrogen and oxygen atoms in total. The van der Waals surface area contributed by atoms with E-state index in [1.165, 1.54) is 12.1 Å². The van der Waals surface area contributed by atoms with Crippen LogP contribution in [-0.2, 0) is 21.3 Å². The van der Waals surface area contributed by atoms with Crippen molar-refractivity contribution in [2.75, 3.05) is 11.0 Å². The largest absolute Gasteiger partial charge is 0.444 e. The number of halogens is 1. The summed E-state index contributed by atoms with van der Waals surface area (Å²) in [5.74, 6) is -0.756. The first-order valence-electron chi connectivity index (χ1n) is 6.81. The summed E-state index contributed by atoms with van der Waals surface area (Å²) in [5.41, 5.74) is -0.0903. The van der Waals surface area contributed by atoms with E-state index in [-0.39, 0.29) is 17.8 Å². The van der Waals surface area contributed by atoms with Gasteiger partial charge >= 0.3 is 6.09 Å². The fraction of sp³-hybridized carbons (Fsp3) is 0.400. The molecular weight excluding hydrogens is 323 g/mol. The van der Waals surface area contributed by atoms with Gasteiger partial charge in [-0.2, -0.15) is 0 Å². The first kappa shape index (κ1) is 19.0. The topological polar surface area (TPSA) is 84.5 Å². The molecule has 0 atom stereocenters. The van der Waals surface area contributed by atoms with E-state index in [0.717, 1.165) is 12.3 Å². The molecule has 1 aromatic carbocycles. The summed E-state index contributed by atoms with van der Waals surface area (Å²) in [6.07, 6.45) is 1.63. The molecule has 8 heteroatoms. The number of nitrogens with one attached hydrogen (secondary N) is 2. The van der Waals surface area contributed by atoms with Crippen molar-refractivity contribution >= 4 is 27.9 Å². The summed E-state index contributed by atoms with van der Waals surface area (Å²) in [6.45, 7) is 8.76. The number of carbonyl (C=O) groups excluding carboxylic acids is 1. The van der Waals surface area contributed by atoms with E-state index >= 15 is 0 Å². The van der Waals surface area contributed by atoms with Gasteiger partial charge in [0.05, 0.1) is 11.9 Å².